The van der Waals surface area contributed by atoms with E-state index in [1.807, 2.05) is 46.6 Å². The zero-order valence-corrected chi connectivity index (χ0v) is 16.6. The second-order valence-electron chi connectivity index (χ2n) is 6.17. The monoisotopic (exact) mass is 412 g/mol. The van der Waals surface area contributed by atoms with Gasteiger partial charge in [-0.1, -0.05) is 35.0 Å². The first-order valence-electron chi connectivity index (χ1n) is 8.69. The molecule has 1 N–H and O–H groups in total. The Kier molecular flexibility index (Phi) is 5.27. The number of carbonyl (C=O) groups is 1. The zero-order chi connectivity index (χ0) is 19.5. The molecule has 0 radical (unpaired) electrons. The molecular weight excluding hydrogens is 396 g/mol. The van der Waals surface area contributed by atoms with Gasteiger partial charge >= 0.3 is 0 Å². The lowest BCUT2D eigenvalue weighted by Crippen LogP contribution is -2.28. The number of aryl methyl sites for hydroxylation is 1. The lowest BCUT2D eigenvalue weighted by molar-refractivity contribution is 0.0951. The lowest BCUT2D eigenvalue weighted by Gasteiger charge is -2.07. The standard InChI is InChI=1S/C20H17ClN4O2S/c1-13-18(19(24-27-13)15-4-2-3-5-16(15)21)20(26)22-8-10-25-9-6-17(23-25)14-7-11-28-12-14/h2-7,9,11-12H,8,10H2,1H3,(H,22,26). The van der Waals surface area contributed by atoms with Gasteiger partial charge in [0.1, 0.15) is 17.0 Å². The Labute approximate surface area is 170 Å². The maximum Gasteiger partial charge on any atom is 0.257 e. The predicted octanol–water partition coefficient (Wildman–Crippen LogP) is 4.66. The van der Waals surface area contributed by atoms with Crippen LogP contribution in [-0.4, -0.2) is 27.4 Å². The molecule has 142 valence electrons. The first-order valence-corrected chi connectivity index (χ1v) is 10.0. The van der Waals surface area contributed by atoms with E-state index >= 15 is 0 Å². The van der Waals surface area contributed by atoms with Crippen molar-refractivity contribution < 1.29 is 9.32 Å². The summed E-state index contributed by atoms with van der Waals surface area (Å²) in [6, 6.07) is 11.2. The summed E-state index contributed by atoms with van der Waals surface area (Å²) in [5, 5.41) is 16.1. The van der Waals surface area contributed by atoms with Gasteiger partial charge in [-0.05, 0) is 30.5 Å². The minimum atomic E-state index is -0.251. The first kappa shape index (κ1) is 18.5. The van der Waals surface area contributed by atoms with Crippen molar-refractivity contribution in [2.45, 2.75) is 13.5 Å². The molecule has 0 saturated carbocycles. The number of nitrogens with one attached hydrogen (secondary N) is 1. The minimum absolute atomic E-state index is 0.251. The Balaban J connectivity index is 1.44. The highest BCUT2D eigenvalue weighted by molar-refractivity contribution is 7.08. The van der Waals surface area contributed by atoms with E-state index < -0.39 is 0 Å². The van der Waals surface area contributed by atoms with E-state index in [0.717, 1.165) is 11.3 Å². The molecule has 6 nitrogen and oxygen atoms in total. The largest absolute Gasteiger partial charge is 0.360 e. The van der Waals surface area contributed by atoms with Gasteiger partial charge in [-0.25, -0.2) is 0 Å². The van der Waals surface area contributed by atoms with Gasteiger partial charge in [0.05, 0.1) is 17.3 Å². The van der Waals surface area contributed by atoms with Gasteiger partial charge in [-0.15, -0.1) is 0 Å². The summed E-state index contributed by atoms with van der Waals surface area (Å²) >= 11 is 7.88. The van der Waals surface area contributed by atoms with Gasteiger partial charge in [0.25, 0.3) is 5.91 Å². The van der Waals surface area contributed by atoms with Gasteiger partial charge in [0.15, 0.2) is 0 Å². The average molecular weight is 413 g/mol. The number of halogens is 1. The smallest absolute Gasteiger partial charge is 0.257 e. The van der Waals surface area contributed by atoms with E-state index in [1.165, 1.54) is 0 Å². The summed E-state index contributed by atoms with van der Waals surface area (Å²) in [5.74, 6) is 0.199. The second-order valence-corrected chi connectivity index (χ2v) is 7.36. The molecule has 3 aromatic heterocycles. The number of benzene rings is 1. The van der Waals surface area contributed by atoms with Crippen molar-refractivity contribution in [3.8, 4) is 22.5 Å². The Bertz CT molecular complexity index is 1100. The summed E-state index contributed by atoms with van der Waals surface area (Å²) in [5.41, 5.74) is 3.52. The molecule has 0 atom stereocenters. The van der Waals surface area contributed by atoms with Gasteiger partial charge in [0, 0.05) is 29.2 Å². The third-order valence-electron chi connectivity index (χ3n) is 4.30. The topological polar surface area (TPSA) is 73.0 Å². The van der Waals surface area contributed by atoms with Gasteiger partial charge in [0.2, 0.25) is 0 Å². The summed E-state index contributed by atoms with van der Waals surface area (Å²) in [4.78, 5) is 12.7. The summed E-state index contributed by atoms with van der Waals surface area (Å²) < 4.78 is 7.06. The van der Waals surface area contributed by atoms with Crippen LogP contribution >= 0.6 is 22.9 Å². The number of nitrogens with zero attached hydrogens (tertiary/aromatic N) is 3. The highest BCUT2D eigenvalue weighted by atomic mass is 35.5. The Morgan fingerprint density at radius 2 is 2.14 bits per heavy atom. The van der Waals surface area contributed by atoms with Gasteiger partial charge in [-0.3, -0.25) is 9.48 Å². The fraction of sp³-hybridized carbons (Fsp3) is 0.150. The predicted molar refractivity (Wildman–Crippen MR) is 110 cm³/mol. The molecule has 0 bridgehead atoms. The van der Waals surface area contributed by atoms with E-state index in [9.17, 15) is 4.79 Å². The number of thiophene rings is 1. The van der Waals surface area contributed by atoms with Gasteiger partial charge in [-0.2, -0.15) is 16.4 Å². The van der Waals surface area contributed by atoms with Crippen molar-refractivity contribution in [2.24, 2.45) is 0 Å². The second kappa shape index (κ2) is 8.00. The number of hydrogen-bond donors (Lipinski definition) is 1. The van der Waals surface area contributed by atoms with Crippen LogP contribution in [0.3, 0.4) is 0 Å². The molecule has 0 aliphatic heterocycles. The quantitative estimate of drug-likeness (QED) is 0.500. The van der Waals surface area contributed by atoms with Crippen LogP contribution < -0.4 is 5.32 Å². The molecule has 0 fully saturated rings. The molecular formula is C20H17ClN4O2S. The SMILES string of the molecule is Cc1onc(-c2ccccc2Cl)c1C(=O)NCCn1ccc(-c2ccsc2)n1. The summed E-state index contributed by atoms with van der Waals surface area (Å²) in [6.07, 6.45) is 1.90. The fourth-order valence-corrected chi connectivity index (χ4v) is 3.77. The van der Waals surface area contributed by atoms with E-state index in [0.29, 0.717) is 40.7 Å². The minimum Gasteiger partial charge on any atom is -0.360 e. The Morgan fingerprint density at radius 1 is 1.29 bits per heavy atom. The molecule has 28 heavy (non-hydrogen) atoms. The summed E-state index contributed by atoms with van der Waals surface area (Å²) in [7, 11) is 0. The molecule has 0 saturated heterocycles. The number of carbonyl (C=O) groups excluding carboxylic acids is 1. The molecule has 0 spiro atoms. The van der Waals surface area contributed by atoms with Crippen molar-refractivity contribution in [2.75, 3.05) is 6.54 Å². The van der Waals surface area contributed by atoms with Crippen LogP contribution in [0.5, 0.6) is 0 Å². The Hall–Kier alpha value is -2.90. The molecule has 1 aromatic carbocycles. The van der Waals surface area contributed by atoms with E-state index in [-0.39, 0.29) is 5.91 Å². The number of aromatic nitrogens is 3. The first-order chi connectivity index (χ1) is 13.6. The fourth-order valence-electron chi connectivity index (χ4n) is 2.90. The van der Waals surface area contributed by atoms with Gasteiger partial charge < -0.3 is 9.84 Å². The third kappa shape index (κ3) is 3.72. The van der Waals surface area contributed by atoms with E-state index in [4.69, 9.17) is 16.1 Å². The summed E-state index contributed by atoms with van der Waals surface area (Å²) in [6.45, 7) is 2.70. The van der Waals surface area contributed by atoms with Crippen molar-refractivity contribution in [3.05, 3.63) is 69.7 Å². The normalized spacial score (nSPS) is 10.9. The van der Waals surface area contributed by atoms with Crippen LogP contribution in [0.15, 0.2) is 57.9 Å². The maximum absolute atomic E-state index is 12.7. The molecule has 0 unspecified atom stereocenters. The van der Waals surface area contributed by atoms with Crippen LogP contribution in [0.25, 0.3) is 22.5 Å². The molecule has 1 amide bonds. The van der Waals surface area contributed by atoms with Crippen LogP contribution in [0, 0.1) is 6.92 Å². The molecule has 4 rings (SSSR count). The zero-order valence-electron chi connectivity index (χ0n) is 15.1. The molecule has 4 aromatic rings. The van der Waals surface area contributed by atoms with Crippen LogP contribution in [0.1, 0.15) is 16.1 Å². The highest BCUT2D eigenvalue weighted by Gasteiger charge is 2.22. The van der Waals surface area contributed by atoms with Crippen LogP contribution in [-0.2, 0) is 6.54 Å². The lowest BCUT2D eigenvalue weighted by atomic mass is 10.1. The highest BCUT2D eigenvalue weighted by Crippen LogP contribution is 2.30. The van der Waals surface area contributed by atoms with Crippen LogP contribution in [0.2, 0.25) is 5.02 Å². The number of amides is 1. The van der Waals surface area contributed by atoms with E-state index in [2.05, 4.69) is 21.0 Å². The third-order valence-corrected chi connectivity index (χ3v) is 5.32. The number of hydrogen-bond acceptors (Lipinski definition) is 5. The molecule has 0 aliphatic rings. The molecule has 8 heteroatoms. The van der Waals surface area contributed by atoms with Crippen molar-refractivity contribution >= 4 is 28.8 Å². The average Bonchev–Trinajstić information content (AvgIpc) is 3.42. The van der Waals surface area contributed by atoms with E-state index in [1.54, 1.807) is 24.3 Å². The van der Waals surface area contributed by atoms with Crippen molar-refractivity contribution in [3.63, 3.8) is 0 Å². The molecule has 0 aliphatic carbocycles. The van der Waals surface area contributed by atoms with Crippen molar-refractivity contribution in [1.82, 2.24) is 20.3 Å². The maximum atomic E-state index is 12.7. The number of rotatable bonds is 6. The van der Waals surface area contributed by atoms with Crippen molar-refractivity contribution in [1.29, 1.82) is 0 Å². The Morgan fingerprint density at radius 3 is 2.93 bits per heavy atom. The molecule has 3 heterocycles. The van der Waals surface area contributed by atoms with Crippen LogP contribution in [0.4, 0.5) is 0 Å².